The molecule has 6 nitrogen and oxygen atoms in total. The SMILES string of the molecule is COC(=O)CCN(Cc1ccncc1)C(=O)c1ccc(OC)cc1. The number of methoxy groups -OCH3 is 2. The number of aromatic nitrogens is 1. The van der Waals surface area contributed by atoms with Gasteiger partial charge in [0, 0.05) is 31.0 Å². The molecule has 0 spiro atoms. The topological polar surface area (TPSA) is 68.7 Å². The van der Waals surface area contributed by atoms with E-state index in [9.17, 15) is 9.59 Å². The smallest absolute Gasteiger partial charge is 0.307 e. The van der Waals surface area contributed by atoms with Crippen LogP contribution in [0.15, 0.2) is 48.8 Å². The van der Waals surface area contributed by atoms with Crippen LogP contribution in [0, 0.1) is 0 Å². The Kier molecular flexibility index (Phi) is 6.31. The van der Waals surface area contributed by atoms with Gasteiger partial charge in [-0.05, 0) is 42.0 Å². The Labute approximate surface area is 141 Å². The number of pyridine rings is 1. The molecule has 1 aromatic carbocycles. The summed E-state index contributed by atoms with van der Waals surface area (Å²) < 4.78 is 9.77. The molecule has 0 aliphatic rings. The van der Waals surface area contributed by atoms with Crippen molar-refractivity contribution >= 4 is 11.9 Å². The Hall–Kier alpha value is -2.89. The summed E-state index contributed by atoms with van der Waals surface area (Å²) in [6.45, 7) is 0.671. The molecule has 0 radical (unpaired) electrons. The molecule has 0 saturated carbocycles. The maximum Gasteiger partial charge on any atom is 0.307 e. The van der Waals surface area contributed by atoms with E-state index in [1.165, 1.54) is 7.11 Å². The molecule has 0 saturated heterocycles. The minimum atomic E-state index is -0.350. The number of esters is 1. The van der Waals surface area contributed by atoms with E-state index in [0.29, 0.717) is 17.9 Å². The van der Waals surface area contributed by atoms with Crippen LogP contribution in [0.3, 0.4) is 0 Å². The lowest BCUT2D eigenvalue weighted by Crippen LogP contribution is -2.32. The first-order chi connectivity index (χ1) is 11.6. The summed E-state index contributed by atoms with van der Waals surface area (Å²) in [6.07, 6.45) is 3.49. The molecule has 2 aromatic rings. The number of hydrogen-bond acceptors (Lipinski definition) is 5. The van der Waals surface area contributed by atoms with Crippen LogP contribution in [0.2, 0.25) is 0 Å². The van der Waals surface area contributed by atoms with Crippen molar-refractivity contribution in [3.05, 3.63) is 59.9 Å². The molecule has 0 atom stereocenters. The van der Waals surface area contributed by atoms with Crippen LogP contribution in [-0.2, 0) is 16.1 Å². The molecular weight excluding hydrogens is 308 g/mol. The molecule has 0 bridgehead atoms. The Morgan fingerprint density at radius 1 is 1.04 bits per heavy atom. The van der Waals surface area contributed by atoms with E-state index in [4.69, 9.17) is 4.74 Å². The van der Waals surface area contributed by atoms with E-state index in [1.54, 1.807) is 48.7 Å². The summed E-state index contributed by atoms with van der Waals surface area (Å²) in [4.78, 5) is 29.8. The third kappa shape index (κ3) is 4.81. The number of benzene rings is 1. The largest absolute Gasteiger partial charge is 0.497 e. The fourth-order valence-electron chi connectivity index (χ4n) is 2.21. The standard InChI is InChI=1S/C18H20N2O4/c1-23-16-5-3-15(4-6-16)18(22)20(12-9-17(21)24-2)13-14-7-10-19-11-8-14/h3-8,10-11H,9,12-13H2,1-2H3. The highest BCUT2D eigenvalue weighted by Gasteiger charge is 2.17. The van der Waals surface area contributed by atoms with Crippen molar-refractivity contribution in [2.75, 3.05) is 20.8 Å². The summed E-state index contributed by atoms with van der Waals surface area (Å²) in [5.41, 5.74) is 1.48. The van der Waals surface area contributed by atoms with Crippen LogP contribution in [0.5, 0.6) is 5.75 Å². The first-order valence-electron chi connectivity index (χ1n) is 7.53. The molecule has 24 heavy (non-hydrogen) atoms. The number of ether oxygens (including phenoxy) is 2. The minimum absolute atomic E-state index is 0.142. The van der Waals surface area contributed by atoms with Gasteiger partial charge in [-0.25, -0.2) is 0 Å². The Morgan fingerprint density at radius 2 is 1.71 bits per heavy atom. The average Bonchev–Trinajstić information content (AvgIpc) is 2.65. The second kappa shape index (κ2) is 8.67. The van der Waals surface area contributed by atoms with Gasteiger partial charge in [-0.15, -0.1) is 0 Å². The molecule has 0 N–H and O–H groups in total. The van der Waals surface area contributed by atoms with Crippen LogP contribution in [0.1, 0.15) is 22.3 Å². The molecule has 1 aromatic heterocycles. The lowest BCUT2D eigenvalue weighted by molar-refractivity contribution is -0.140. The summed E-state index contributed by atoms with van der Waals surface area (Å²) in [7, 11) is 2.91. The van der Waals surface area contributed by atoms with E-state index in [-0.39, 0.29) is 24.8 Å². The number of nitrogens with zero attached hydrogens (tertiary/aromatic N) is 2. The maximum atomic E-state index is 12.8. The molecule has 1 heterocycles. The molecule has 0 aliphatic carbocycles. The van der Waals surface area contributed by atoms with Gasteiger partial charge in [-0.1, -0.05) is 0 Å². The molecular formula is C18H20N2O4. The molecule has 6 heteroatoms. The van der Waals surface area contributed by atoms with Crippen LogP contribution in [0.4, 0.5) is 0 Å². The first kappa shape index (κ1) is 17.5. The molecule has 0 unspecified atom stereocenters. The Bertz CT molecular complexity index is 671. The summed E-state index contributed by atoms with van der Waals surface area (Å²) in [5.74, 6) is 0.178. The lowest BCUT2D eigenvalue weighted by atomic mass is 10.1. The highest BCUT2D eigenvalue weighted by atomic mass is 16.5. The zero-order valence-corrected chi connectivity index (χ0v) is 13.8. The second-order valence-corrected chi connectivity index (χ2v) is 5.14. The monoisotopic (exact) mass is 328 g/mol. The number of carbonyl (C=O) groups is 2. The van der Waals surface area contributed by atoms with Crippen LogP contribution in [0.25, 0.3) is 0 Å². The summed E-state index contributed by atoms with van der Waals surface area (Å²) in [6, 6.07) is 10.6. The van der Waals surface area contributed by atoms with Gasteiger partial charge in [0.25, 0.3) is 5.91 Å². The predicted molar refractivity (Wildman–Crippen MR) is 88.6 cm³/mol. The van der Waals surface area contributed by atoms with Crippen LogP contribution >= 0.6 is 0 Å². The van der Waals surface area contributed by atoms with Crippen molar-refractivity contribution < 1.29 is 19.1 Å². The van der Waals surface area contributed by atoms with Crippen molar-refractivity contribution in [1.82, 2.24) is 9.88 Å². The van der Waals surface area contributed by atoms with Crippen molar-refractivity contribution in [2.45, 2.75) is 13.0 Å². The van der Waals surface area contributed by atoms with Gasteiger partial charge in [0.05, 0.1) is 20.6 Å². The van der Waals surface area contributed by atoms with Crippen molar-refractivity contribution in [3.8, 4) is 5.75 Å². The highest BCUT2D eigenvalue weighted by Crippen LogP contribution is 2.15. The third-order valence-electron chi connectivity index (χ3n) is 3.56. The van der Waals surface area contributed by atoms with Gasteiger partial charge in [0.15, 0.2) is 0 Å². The lowest BCUT2D eigenvalue weighted by Gasteiger charge is -2.22. The van der Waals surface area contributed by atoms with Gasteiger partial charge >= 0.3 is 5.97 Å². The molecule has 126 valence electrons. The number of carbonyl (C=O) groups excluding carboxylic acids is 2. The quantitative estimate of drug-likeness (QED) is 0.730. The minimum Gasteiger partial charge on any atom is -0.497 e. The predicted octanol–water partition coefficient (Wildman–Crippen LogP) is 2.30. The van der Waals surface area contributed by atoms with E-state index >= 15 is 0 Å². The third-order valence-corrected chi connectivity index (χ3v) is 3.56. The average molecular weight is 328 g/mol. The number of amides is 1. The van der Waals surface area contributed by atoms with E-state index < -0.39 is 0 Å². The van der Waals surface area contributed by atoms with E-state index in [0.717, 1.165) is 5.56 Å². The first-order valence-corrected chi connectivity index (χ1v) is 7.53. The van der Waals surface area contributed by atoms with Gasteiger partial charge in [0.1, 0.15) is 5.75 Å². The van der Waals surface area contributed by atoms with Crippen molar-refractivity contribution in [1.29, 1.82) is 0 Å². The van der Waals surface area contributed by atoms with Crippen LogP contribution in [-0.4, -0.2) is 42.5 Å². The van der Waals surface area contributed by atoms with Gasteiger partial charge in [0.2, 0.25) is 0 Å². The molecule has 0 aliphatic heterocycles. The molecule has 2 rings (SSSR count). The zero-order valence-electron chi connectivity index (χ0n) is 13.8. The zero-order chi connectivity index (χ0) is 17.4. The van der Waals surface area contributed by atoms with Gasteiger partial charge in [-0.2, -0.15) is 0 Å². The fraction of sp³-hybridized carbons (Fsp3) is 0.278. The number of hydrogen-bond donors (Lipinski definition) is 0. The van der Waals surface area contributed by atoms with Gasteiger partial charge < -0.3 is 14.4 Å². The highest BCUT2D eigenvalue weighted by molar-refractivity contribution is 5.94. The summed E-state index contributed by atoms with van der Waals surface area (Å²) >= 11 is 0. The number of rotatable bonds is 7. The van der Waals surface area contributed by atoms with Crippen molar-refractivity contribution in [3.63, 3.8) is 0 Å². The fourth-order valence-corrected chi connectivity index (χ4v) is 2.21. The Morgan fingerprint density at radius 3 is 2.29 bits per heavy atom. The van der Waals surface area contributed by atoms with Crippen molar-refractivity contribution in [2.24, 2.45) is 0 Å². The normalized spacial score (nSPS) is 10.1. The van der Waals surface area contributed by atoms with Crippen LogP contribution < -0.4 is 4.74 Å². The van der Waals surface area contributed by atoms with E-state index in [2.05, 4.69) is 9.72 Å². The van der Waals surface area contributed by atoms with E-state index in [1.807, 2.05) is 12.1 Å². The molecule has 1 amide bonds. The Balaban J connectivity index is 2.15. The van der Waals surface area contributed by atoms with Gasteiger partial charge in [-0.3, -0.25) is 14.6 Å². The second-order valence-electron chi connectivity index (χ2n) is 5.14. The summed E-state index contributed by atoms with van der Waals surface area (Å²) in [5, 5.41) is 0. The maximum absolute atomic E-state index is 12.8. The molecule has 0 fully saturated rings.